The van der Waals surface area contributed by atoms with Crippen molar-refractivity contribution in [2.24, 2.45) is 7.05 Å². The Morgan fingerprint density at radius 1 is 1.39 bits per heavy atom. The summed E-state index contributed by atoms with van der Waals surface area (Å²) >= 11 is 0. The molecule has 18 heavy (non-hydrogen) atoms. The molecule has 94 valence electrons. The van der Waals surface area contributed by atoms with Gasteiger partial charge in [0, 0.05) is 24.4 Å². The molecular weight excluding hydrogens is 228 g/mol. The van der Waals surface area contributed by atoms with Gasteiger partial charge in [0.2, 0.25) is 0 Å². The summed E-state index contributed by atoms with van der Waals surface area (Å²) in [4.78, 5) is 0. The van der Waals surface area contributed by atoms with Gasteiger partial charge in [0.1, 0.15) is 5.75 Å². The van der Waals surface area contributed by atoms with Crippen LogP contribution in [0.25, 0.3) is 11.3 Å². The first-order valence-electron chi connectivity index (χ1n) is 6.19. The molecule has 1 aliphatic rings. The van der Waals surface area contributed by atoms with Crippen LogP contribution in [-0.2, 0) is 7.05 Å². The molecule has 2 aromatic rings. The van der Waals surface area contributed by atoms with Crippen molar-refractivity contribution < 1.29 is 9.84 Å². The van der Waals surface area contributed by atoms with Gasteiger partial charge in [0.25, 0.3) is 0 Å². The molecule has 1 aliphatic heterocycles. The fraction of sp³-hybridized carbons (Fsp3) is 0.357. The van der Waals surface area contributed by atoms with Crippen molar-refractivity contribution in [3.8, 4) is 17.0 Å². The predicted molar refractivity (Wildman–Crippen MR) is 68.3 cm³/mol. The first-order chi connectivity index (χ1) is 8.75. The monoisotopic (exact) mass is 244 g/mol. The largest absolute Gasteiger partial charge is 0.493 e. The molecule has 4 nitrogen and oxygen atoms in total. The molecule has 4 heteroatoms. The average molecular weight is 244 g/mol. The highest BCUT2D eigenvalue weighted by molar-refractivity contribution is 5.63. The van der Waals surface area contributed by atoms with E-state index < -0.39 is 6.10 Å². The topological polar surface area (TPSA) is 47.3 Å². The summed E-state index contributed by atoms with van der Waals surface area (Å²) in [5, 5.41) is 14.2. The van der Waals surface area contributed by atoms with E-state index in [1.807, 2.05) is 36.0 Å². The van der Waals surface area contributed by atoms with Gasteiger partial charge in [-0.3, -0.25) is 4.68 Å². The summed E-state index contributed by atoms with van der Waals surface area (Å²) in [6, 6.07) is 7.91. The van der Waals surface area contributed by atoms with Crippen LogP contribution in [0, 0.1) is 0 Å². The molecule has 0 aliphatic carbocycles. The van der Waals surface area contributed by atoms with Crippen LogP contribution in [0.4, 0.5) is 0 Å². The Morgan fingerprint density at radius 2 is 2.28 bits per heavy atom. The van der Waals surface area contributed by atoms with Crippen LogP contribution in [0.3, 0.4) is 0 Å². The zero-order valence-electron chi connectivity index (χ0n) is 10.3. The fourth-order valence-corrected chi connectivity index (χ4v) is 2.37. The van der Waals surface area contributed by atoms with E-state index in [-0.39, 0.29) is 0 Å². The molecule has 0 saturated carbocycles. The van der Waals surface area contributed by atoms with Gasteiger partial charge < -0.3 is 9.84 Å². The summed E-state index contributed by atoms with van der Waals surface area (Å²) in [6.07, 6.45) is 3.01. The zero-order chi connectivity index (χ0) is 12.5. The van der Waals surface area contributed by atoms with Gasteiger partial charge in [-0.2, -0.15) is 5.10 Å². The minimum Gasteiger partial charge on any atom is -0.493 e. The van der Waals surface area contributed by atoms with E-state index in [0.29, 0.717) is 6.61 Å². The van der Waals surface area contributed by atoms with Crippen molar-refractivity contribution in [2.45, 2.75) is 18.9 Å². The molecule has 1 aromatic heterocycles. The predicted octanol–water partition coefficient (Wildman–Crippen LogP) is 2.29. The summed E-state index contributed by atoms with van der Waals surface area (Å²) in [7, 11) is 1.91. The third kappa shape index (κ3) is 1.88. The molecule has 0 spiro atoms. The van der Waals surface area contributed by atoms with Crippen molar-refractivity contribution in [1.82, 2.24) is 9.78 Å². The van der Waals surface area contributed by atoms with Gasteiger partial charge in [0.15, 0.2) is 0 Å². The van der Waals surface area contributed by atoms with Crippen LogP contribution in [0.1, 0.15) is 24.5 Å². The number of rotatable bonds is 1. The second kappa shape index (κ2) is 4.46. The lowest BCUT2D eigenvalue weighted by Crippen LogP contribution is -1.98. The van der Waals surface area contributed by atoms with E-state index in [1.54, 1.807) is 6.20 Å². The van der Waals surface area contributed by atoms with Crippen molar-refractivity contribution in [1.29, 1.82) is 0 Å². The van der Waals surface area contributed by atoms with Crippen molar-refractivity contribution in [3.63, 3.8) is 0 Å². The molecule has 3 rings (SSSR count). The van der Waals surface area contributed by atoms with Crippen LogP contribution >= 0.6 is 0 Å². The van der Waals surface area contributed by atoms with E-state index in [9.17, 15) is 5.11 Å². The summed E-state index contributed by atoms with van der Waals surface area (Å²) in [6.45, 7) is 0.666. The maximum absolute atomic E-state index is 10.0. The molecule has 0 fully saturated rings. The highest BCUT2D eigenvalue weighted by Gasteiger charge is 2.18. The molecule has 1 aromatic carbocycles. The Labute approximate surface area is 106 Å². The minimum absolute atomic E-state index is 0.414. The molecule has 0 unspecified atom stereocenters. The molecular formula is C14H16N2O2. The van der Waals surface area contributed by atoms with Crippen LogP contribution in [0.2, 0.25) is 0 Å². The van der Waals surface area contributed by atoms with Gasteiger partial charge in [-0.1, -0.05) is 12.1 Å². The number of nitrogens with zero attached hydrogens (tertiary/aromatic N) is 2. The van der Waals surface area contributed by atoms with Crippen molar-refractivity contribution >= 4 is 0 Å². The summed E-state index contributed by atoms with van der Waals surface area (Å²) < 4.78 is 7.54. The second-order valence-corrected chi connectivity index (χ2v) is 4.60. The third-order valence-electron chi connectivity index (χ3n) is 3.37. The molecule has 0 bridgehead atoms. The quantitative estimate of drug-likeness (QED) is 0.837. The van der Waals surface area contributed by atoms with Crippen molar-refractivity contribution in [3.05, 3.63) is 36.0 Å². The highest BCUT2D eigenvalue weighted by Crippen LogP contribution is 2.34. The maximum Gasteiger partial charge on any atom is 0.125 e. The standard InChI is InChI=1S/C14H16N2O2/c1-16-12(6-7-15-16)10-4-5-11-13(17)3-2-8-18-14(11)9-10/h4-7,9,13,17H,2-3,8H2,1H3/t13-/m0/s1. The van der Waals surface area contributed by atoms with Gasteiger partial charge in [0.05, 0.1) is 18.4 Å². The van der Waals surface area contributed by atoms with E-state index in [2.05, 4.69) is 5.10 Å². The third-order valence-corrected chi connectivity index (χ3v) is 3.37. The van der Waals surface area contributed by atoms with E-state index in [4.69, 9.17) is 4.74 Å². The SMILES string of the molecule is Cn1nccc1-c1ccc2c(c1)OCCC[C@@H]2O. The fourth-order valence-electron chi connectivity index (χ4n) is 2.37. The Bertz CT molecular complexity index is 563. The lowest BCUT2D eigenvalue weighted by molar-refractivity contribution is 0.167. The molecule has 0 saturated heterocycles. The molecule has 0 amide bonds. The number of fused-ring (bicyclic) bond motifs is 1. The summed E-state index contributed by atoms with van der Waals surface area (Å²) in [5.41, 5.74) is 2.99. The number of hydrogen-bond donors (Lipinski definition) is 1. The van der Waals surface area contributed by atoms with Gasteiger partial charge >= 0.3 is 0 Å². The molecule has 1 N–H and O–H groups in total. The van der Waals surface area contributed by atoms with Gasteiger partial charge in [-0.25, -0.2) is 0 Å². The highest BCUT2D eigenvalue weighted by atomic mass is 16.5. The number of benzene rings is 1. The maximum atomic E-state index is 10.0. The lowest BCUT2D eigenvalue weighted by atomic mass is 10.0. The Hall–Kier alpha value is -1.81. The van der Waals surface area contributed by atoms with Gasteiger partial charge in [-0.15, -0.1) is 0 Å². The molecule has 2 heterocycles. The lowest BCUT2D eigenvalue weighted by Gasteiger charge is -2.12. The second-order valence-electron chi connectivity index (χ2n) is 4.60. The van der Waals surface area contributed by atoms with E-state index in [1.165, 1.54) is 0 Å². The Balaban J connectivity index is 2.05. The first-order valence-corrected chi connectivity index (χ1v) is 6.19. The number of aliphatic hydroxyl groups is 1. The van der Waals surface area contributed by atoms with Crippen LogP contribution in [0.15, 0.2) is 30.5 Å². The van der Waals surface area contributed by atoms with Gasteiger partial charge in [-0.05, 0) is 25.0 Å². The normalized spacial score (nSPS) is 18.9. The van der Waals surface area contributed by atoms with E-state index in [0.717, 1.165) is 35.4 Å². The van der Waals surface area contributed by atoms with Crippen LogP contribution in [-0.4, -0.2) is 21.5 Å². The Morgan fingerprint density at radius 3 is 3.06 bits per heavy atom. The zero-order valence-corrected chi connectivity index (χ0v) is 10.3. The number of aryl methyl sites for hydroxylation is 1. The first kappa shape index (κ1) is 11.3. The van der Waals surface area contributed by atoms with Crippen LogP contribution < -0.4 is 4.74 Å². The number of ether oxygens (including phenoxy) is 1. The Kier molecular flexibility index (Phi) is 2.80. The number of aromatic nitrogens is 2. The van der Waals surface area contributed by atoms with Crippen molar-refractivity contribution in [2.75, 3.05) is 6.61 Å². The molecule has 1 atom stereocenters. The summed E-state index contributed by atoms with van der Waals surface area (Å²) in [5.74, 6) is 0.790. The molecule has 0 radical (unpaired) electrons. The van der Waals surface area contributed by atoms with E-state index >= 15 is 0 Å². The average Bonchev–Trinajstić information content (AvgIpc) is 2.71. The minimum atomic E-state index is -0.414. The smallest absolute Gasteiger partial charge is 0.125 e. The van der Waals surface area contributed by atoms with Crippen LogP contribution in [0.5, 0.6) is 5.75 Å². The number of aliphatic hydroxyl groups excluding tert-OH is 1. The number of hydrogen-bond acceptors (Lipinski definition) is 3.